The van der Waals surface area contributed by atoms with E-state index >= 15 is 0 Å². The van der Waals surface area contributed by atoms with Gasteiger partial charge in [0, 0.05) is 48.6 Å². The Labute approximate surface area is 215 Å². The third kappa shape index (κ3) is 4.85. The first-order valence-electron chi connectivity index (χ1n) is 11.4. The molecule has 3 aromatic rings. The van der Waals surface area contributed by atoms with Crippen molar-refractivity contribution >= 4 is 45.8 Å². The number of alkyl halides is 3. The van der Waals surface area contributed by atoms with Crippen LogP contribution >= 0.6 is 23.2 Å². The first kappa shape index (κ1) is 26.5. The van der Waals surface area contributed by atoms with Gasteiger partial charge < -0.3 is 9.47 Å². The van der Waals surface area contributed by atoms with Gasteiger partial charge in [-0.1, -0.05) is 30.1 Å². The predicted octanol–water partition coefficient (Wildman–Crippen LogP) is 6.92. The number of rotatable bonds is 4. The number of likely N-dealkylation sites (tertiary alicyclic amines) is 1. The number of Topliss-reactive ketones (excluding diaryl/α,β-unsaturated/α-hetero) is 1. The molecule has 10 heteroatoms. The lowest BCUT2D eigenvalue weighted by atomic mass is 9.84. The van der Waals surface area contributed by atoms with Crippen LogP contribution in [0.2, 0.25) is 10.0 Å². The fraction of sp³-hybridized carbons (Fsp3) is 0.385. The van der Waals surface area contributed by atoms with Gasteiger partial charge in [0.05, 0.1) is 21.7 Å². The quantitative estimate of drug-likeness (QED) is 0.336. The van der Waals surface area contributed by atoms with E-state index in [1.54, 1.807) is 17.9 Å². The molecule has 0 radical (unpaired) electrons. The van der Waals surface area contributed by atoms with E-state index in [9.17, 15) is 27.2 Å². The molecule has 2 atom stereocenters. The van der Waals surface area contributed by atoms with Crippen LogP contribution in [0.4, 0.5) is 17.6 Å². The molecule has 0 saturated carbocycles. The molecule has 1 aliphatic rings. The summed E-state index contributed by atoms with van der Waals surface area (Å²) in [4.78, 5) is 26.8. The smallest absolute Gasteiger partial charge is 0.347 e. The standard InChI is InChI=1S/C26H24Cl2F4N2O2/c1-13-12-34(7-6-17(13)14(2)35)25(36)18-4-5-21(27)19(24(18)28)10-16-11-20-22(29)8-15(26(30,31)32)9-23(20)33(16)3/h4-5,8-9,11,13,17H,6-7,10,12H2,1-3H3/t13-,17+/m0/s1. The van der Waals surface area contributed by atoms with E-state index in [2.05, 4.69) is 0 Å². The van der Waals surface area contributed by atoms with E-state index in [-0.39, 0.29) is 56.5 Å². The molecule has 0 aliphatic carbocycles. The van der Waals surface area contributed by atoms with Crippen LogP contribution in [0.25, 0.3) is 10.9 Å². The lowest BCUT2D eigenvalue weighted by molar-refractivity contribution is -0.137. The Kier molecular flexibility index (Phi) is 7.14. The van der Waals surface area contributed by atoms with Crippen molar-refractivity contribution in [1.29, 1.82) is 0 Å². The van der Waals surface area contributed by atoms with E-state index in [0.29, 0.717) is 36.8 Å². The number of aromatic nitrogens is 1. The van der Waals surface area contributed by atoms with Crippen molar-refractivity contribution in [3.63, 3.8) is 0 Å². The van der Waals surface area contributed by atoms with Crippen molar-refractivity contribution in [1.82, 2.24) is 9.47 Å². The average molecular weight is 543 g/mol. The summed E-state index contributed by atoms with van der Waals surface area (Å²) in [5.74, 6) is -1.24. The molecule has 2 aromatic carbocycles. The molecular formula is C26H24Cl2F4N2O2. The summed E-state index contributed by atoms with van der Waals surface area (Å²) < 4.78 is 55.5. The maximum absolute atomic E-state index is 14.5. The summed E-state index contributed by atoms with van der Waals surface area (Å²) in [5.41, 5.74) is 0.144. The molecule has 1 aromatic heterocycles. The number of benzene rings is 2. The van der Waals surface area contributed by atoms with Gasteiger partial charge in [-0.05, 0) is 55.2 Å². The summed E-state index contributed by atoms with van der Waals surface area (Å²) in [6.07, 6.45) is -4.04. The van der Waals surface area contributed by atoms with Gasteiger partial charge in [0.15, 0.2) is 0 Å². The number of hydrogen-bond acceptors (Lipinski definition) is 2. The Bertz CT molecular complexity index is 1370. The van der Waals surface area contributed by atoms with E-state index in [0.717, 1.165) is 6.07 Å². The summed E-state index contributed by atoms with van der Waals surface area (Å²) >= 11 is 13.1. The summed E-state index contributed by atoms with van der Waals surface area (Å²) in [6.45, 7) is 4.33. The number of halogens is 6. The maximum Gasteiger partial charge on any atom is 0.416 e. The summed E-state index contributed by atoms with van der Waals surface area (Å²) in [6, 6.07) is 5.92. The molecule has 1 amide bonds. The van der Waals surface area contributed by atoms with E-state index in [4.69, 9.17) is 23.2 Å². The Hall–Kier alpha value is -2.58. The number of hydrogen-bond donors (Lipinski definition) is 0. The monoisotopic (exact) mass is 542 g/mol. The second-order valence-corrected chi connectivity index (χ2v) is 10.2. The highest BCUT2D eigenvalue weighted by molar-refractivity contribution is 6.38. The Morgan fingerprint density at radius 3 is 2.44 bits per heavy atom. The molecule has 0 N–H and O–H groups in total. The number of carbonyl (C=O) groups excluding carboxylic acids is 2. The normalized spacial score (nSPS) is 18.6. The lowest BCUT2D eigenvalue weighted by Gasteiger charge is -2.36. The van der Waals surface area contributed by atoms with Crippen molar-refractivity contribution in [2.75, 3.05) is 13.1 Å². The highest BCUT2D eigenvalue weighted by Crippen LogP contribution is 2.36. The number of carbonyl (C=O) groups is 2. The van der Waals surface area contributed by atoms with Crippen LogP contribution in [0, 0.1) is 17.7 Å². The summed E-state index contributed by atoms with van der Waals surface area (Å²) in [5, 5.41) is 0.458. The first-order chi connectivity index (χ1) is 16.8. The van der Waals surface area contributed by atoms with Gasteiger partial charge in [0.25, 0.3) is 5.91 Å². The molecule has 0 unspecified atom stereocenters. The molecule has 192 valence electrons. The van der Waals surface area contributed by atoms with Crippen LogP contribution in [0.15, 0.2) is 30.3 Å². The molecule has 0 bridgehead atoms. The minimum atomic E-state index is -4.68. The highest BCUT2D eigenvalue weighted by Gasteiger charge is 2.34. The number of ketones is 1. The molecule has 36 heavy (non-hydrogen) atoms. The second kappa shape index (κ2) is 9.71. The van der Waals surface area contributed by atoms with Gasteiger partial charge in [0.2, 0.25) is 0 Å². The molecule has 0 spiro atoms. The zero-order valence-electron chi connectivity index (χ0n) is 19.8. The van der Waals surface area contributed by atoms with Crippen LogP contribution in [0.5, 0.6) is 0 Å². The molecule has 4 nitrogen and oxygen atoms in total. The van der Waals surface area contributed by atoms with E-state index in [1.807, 2.05) is 6.92 Å². The molecule has 1 aliphatic heterocycles. The van der Waals surface area contributed by atoms with Crippen LogP contribution in [0.3, 0.4) is 0 Å². The predicted molar refractivity (Wildman–Crippen MR) is 131 cm³/mol. The largest absolute Gasteiger partial charge is 0.416 e. The third-order valence-electron chi connectivity index (χ3n) is 7.03. The van der Waals surface area contributed by atoms with E-state index < -0.39 is 17.6 Å². The highest BCUT2D eigenvalue weighted by atomic mass is 35.5. The van der Waals surface area contributed by atoms with Crippen molar-refractivity contribution in [3.05, 3.63) is 68.6 Å². The van der Waals surface area contributed by atoms with Gasteiger partial charge in [-0.25, -0.2) is 4.39 Å². The molecule has 1 fully saturated rings. The van der Waals surface area contributed by atoms with Crippen LogP contribution < -0.4 is 0 Å². The Morgan fingerprint density at radius 1 is 1.14 bits per heavy atom. The first-order valence-corrected chi connectivity index (χ1v) is 12.2. The van der Waals surface area contributed by atoms with Crippen molar-refractivity contribution in [3.8, 4) is 0 Å². The number of nitrogens with zero attached hydrogens (tertiary/aromatic N) is 2. The van der Waals surface area contributed by atoms with Gasteiger partial charge in [0.1, 0.15) is 11.6 Å². The van der Waals surface area contributed by atoms with Crippen LogP contribution in [-0.2, 0) is 24.4 Å². The Balaban J connectivity index is 1.67. The number of fused-ring (bicyclic) bond motifs is 1. The number of aryl methyl sites for hydroxylation is 1. The average Bonchev–Trinajstić information content (AvgIpc) is 3.11. The Morgan fingerprint density at radius 2 is 1.83 bits per heavy atom. The third-order valence-corrected chi connectivity index (χ3v) is 7.81. The van der Waals surface area contributed by atoms with Gasteiger partial charge in [-0.15, -0.1) is 0 Å². The lowest BCUT2D eigenvalue weighted by Crippen LogP contribution is -2.44. The topological polar surface area (TPSA) is 42.3 Å². The molecule has 1 saturated heterocycles. The van der Waals surface area contributed by atoms with E-state index in [1.165, 1.54) is 23.7 Å². The number of piperidine rings is 1. The van der Waals surface area contributed by atoms with Crippen molar-refractivity contribution < 1.29 is 27.2 Å². The minimum Gasteiger partial charge on any atom is -0.347 e. The van der Waals surface area contributed by atoms with Crippen LogP contribution in [-0.4, -0.2) is 34.2 Å². The fourth-order valence-electron chi connectivity index (χ4n) is 4.99. The molecule has 2 heterocycles. The van der Waals surface area contributed by atoms with Crippen molar-refractivity contribution in [2.24, 2.45) is 18.9 Å². The van der Waals surface area contributed by atoms with Crippen LogP contribution in [0.1, 0.15) is 47.4 Å². The van der Waals surface area contributed by atoms with Gasteiger partial charge in [-0.3, -0.25) is 9.59 Å². The minimum absolute atomic E-state index is 0.0121. The zero-order valence-corrected chi connectivity index (χ0v) is 21.4. The van der Waals surface area contributed by atoms with Crippen molar-refractivity contribution in [2.45, 2.75) is 32.9 Å². The number of amides is 1. The SMILES string of the molecule is CC(=O)[C@@H]1CCN(C(=O)c2ccc(Cl)c(Cc3cc4c(F)cc(C(F)(F)F)cc4n3C)c2Cl)C[C@@H]1C. The fourth-order valence-corrected chi connectivity index (χ4v) is 5.57. The van der Waals surface area contributed by atoms with Gasteiger partial charge in [-0.2, -0.15) is 13.2 Å². The maximum atomic E-state index is 14.5. The molecule has 4 rings (SSSR count). The van der Waals surface area contributed by atoms with Gasteiger partial charge >= 0.3 is 6.18 Å². The summed E-state index contributed by atoms with van der Waals surface area (Å²) in [7, 11) is 1.54. The second-order valence-electron chi connectivity index (χ2n) is 9.38. The molecular weight excluding hydrogens is 519 g/mol. The zero-order chi connectivity index (χ0) is 26.5.